The summed E-state index contributed by atoms with van der Waals surface area (Å²) in [6.45, 7) is 0. The molecular weight excluding hydrogens is 228 g/mol. The summed E-state index contributed by atoms with van der Waals surface area (Å²) in [5.41, 5.74) is 0.851. The Morgan fingerprint density at radius 2 is 1.94 bits per heavy atom. The molecule has 1 atom stereocenters. The minimum Gasteiger partial charge on any atom is -0.472 e. The summed E-state index contributed by atoms with van der Waals surface area (Å²) < 4.78 is 5.75. The Balaban J connectivity index is 2.04. The molecule has 0 spiro atoms. The SMILES string of the molecule is CN1C(=O)C(c2ccccc2)Oc2cccnc21. The second-order valence-electron chi connectivity index (χ2n) is 4.13. The van der Waals surface area contributed by atoms with E-state index in [2.05, 4.69) is 4.98 Å². The molecule has 0 N–H and O–H groups in total. The highest BCUT2D eigenvalue weighted by atomic mass is 16.5. The van der Waals surface area contributed by atoms with Crippen molar-refractivity contribution >= 4 is 11.7 Å². The van der Waals surface area contributed by atoms with Gasteiger partial charge in [-0.3, -0.25) is 9.69 Å². The lowest BCUT2D eigenvalue weighted by atomic mass is 10.1. The molecule has 1 amide bonds. The zero-order chi connectivity index (χ0) is 12.5. The number of likely N-dealkylation sites (N-methyl/N-ethyl adjacent to an activating group) is 1. The second kappa shape index (κ2) is 4.14. The van der Waals surface area contributed by atoms with Gasteiger partial charge in [-0.2, -0.15) is 0 Å². The quantitative estimate of drug-likeness (QED) is 0.767. The maximum Gasteiger partial charge on any atom is 0.273 e. The maximum atomic E-state index is 12.2. The van der Waals surface area contributed by atoms with Crippen LogP contribution in [0.4, 0.5) is 5.82 Å². The van der Waals surface area contributed by atoms with Crippen molar-refractivity contribution in [2.24, 2.45) is 0 Å². The molecule has 4 nitrogen and oxygen atoms in total. The number of nitrogens with zero attached hydrogens (tertiary/aromatic N) is 2. The summed E-state index contributed by atoms with van der Waals surface area (Å²) in [5.74, 6) is 1.09. The van der Waals surface area contributed by atoms with E-state index >= 15 is 0 Å². The molecule has 1 unspecified atom stereocenters. The standard InChI is InChI=1S/C14H12N2O2/c1-16-13-11(8-5-9-15-13)18-12(14(16)17)10-6-3-2-4-7-10/h2-9,12H,1H3. The van der Waals surface area contributed by atoms with Crippen LogP contribution < -0.4 is 9.64 Å². The molecule has 0 radical (unpaired) electrons. The average Bonchev–Trinajstić information content (AvgIpc) is 2.44. The lowest BCUT2D eigenvalue weighted by Crippen LogP contribution is -2.38. The molecule has 0 saturated heterocycles. The van der Waals surface area contributed by atoms with Crippen LogP contribution in [0.3, 0.4) is 0 Å². The van der Waals surface area contributed by atoms with Crippen molar-refractivity contribution in [2.75, 3.05) is 11.9 Å². The molecule has 1 aromatic carbocycles. The number of amides is 1. The van der Waals surface area contributed by atoms with Gasteiger partial charge in [-0.1, -0.05) is 30.3 Å². The predicted molar refractivity (Wildman–Crippen MR) is 67.5 cm³/mol. The molecule has 1 aliphatic rings. The van der Waals surface area contributed by atoms with Gasteiger partial charge in [0, 0.05) is 18.8 Å². The van der Waals surface area contributed by atoms with Crippen molar-refractivity contribution in [1.82, 2.24) is 4.98 Å². The summed E-state index contributed by atoms with van der Waals surface area (Å²) in [4.78, 5) is 17.9. The van der Waals surface area contributed by atoms with E-state index in [0.29, 0.717) is 11.6 Å². The molecule has 0 bridgehead atoms. The molecule has 4 heteroatoms. The maximum absolute atomic E-state index is 12.2. The largest absolute Gasteiger partial charge is 0.472 e. The van der Waals surface area contributed by atoms with Gasteiger partial charge in [-0.05, 0) is 12.1 Å². The van der Waals surface area contributed by atoms with Gasteiger partial charge in [-0.15, -0.1) is 0 Å². The molecule has 2 aromatic rings. The average molecular weight is 240 g/mol. The van der Waals surface area contributed by atoms with Crippen molar-refractivity contribution in [1.29, 1.82) is 0 Å². The Kier molecular flexibility index (Phi) is 2.48. The van der Waals surface area contributed by atoms with E-state index in [4.69, 9.17) is 4.74 Å². The minimum atomic E-state index is -0.590. The number of rotatable bonds is 1. The van der Waals surface area contributed by atoms with E-state index in [0.717, 1.165) is 5.56 Å². The first-order chi connectivity index (χ1) is 8.77. The van der Waals surface area contributed by atoms with Gasteiger partial charge in [0.15, 0.2) is 11.6 Å². The van der Waals surface area contributed by atoms with Crippen LogP contribution in [-0.4, -0.2) is 17.9 Å². The number of ether oxygens (including phenoxy) is 1. The van der Waals surface area contributed by atoms with Crippen LogP contribution in [0, 0.1) is 0 Å². The third kappa shape index (κ3) is 1.62. The molecule has 18 heavy (non-hydrogen) atoms. The topological polar surface area (TPSA) is 42.4 Å². The zero-order valence-electron chi connectivity index (χ0n) is 9.91. The third-order valence-corrected chi connectivity index (χ3v) is 2.97. The molecule has 0 aliphatic carbocycles. The van der Waals surface area contributed by atoms with Crippen LogP contribution in [0.1, 0.15) is 11.7 Å². The Hall–Kier alpha value is -2.36. The summed E-state index contributed by atoms with van der Waals surface area (Å²) in [7, 11) is 1.71. The van der Waals surface area contributed by atoms with Crippen LogP contribution in [0.25, 0.3) is 0 Å². The summed E-state index contributed by atoms with van der Waals surface area (Å²) in [5, 5.41) is 0. The number of hydrogen-bond acceptors (Lipinski definition) is 3. The monoisotopic (exact) mass is 240 g/mol. The van der Waals surface area contributed by atoms with E-state index in [1.165, 1.54) is 4.90 Å². The van der Waals surface area contributed by atoms with E-state index in [1.807, 2.05) is 36.4 Å². The van der Waals surface area contributed by atoms with Crippen LogP contribution in [0.2, 0.25) is 0 Å². The zero-order valence-corrected chi connectivity index (χ0v) is 9.91. The van der Waals surface area contributed by atoms with Crippen molar-refractivity contribution in [3.63, 3.8) is 0 Å². The Morgan fingerprint density at radius 1 is 1.17 bits per heavy atom. The number of carbonyl (C=O) groups is 1. The second-order valence-corrected chi connectivity index (χ2v) is 4.13. The van der Waals surface area contributed by atoms with Gasteiger partial charge < -0.3 is 4.74 Å². The van der Waals surface area contributed by atoms with Gasteiger partial charge in [0.1, 0.15) is 0 Å². The van der Waals surface area contributed by atoms with Crippen LogP contribution in [0.15, 0.2) is 48.7 Å². The number of aromatic nitrogens is 1. The number of benzene rings is 1. The molecule has 1 aromatic heterocycles. The molecular formula is C14H12N2O2. The summed E-state index contributed by atoms with van der Waals surface area (Å²) in [6.07, 6.45) is 1.06. The van der Waals surface area contributed by atoms with Gasteiger partial charge in [0.05, 0.1) is 0 Å². The highest BCUT2D eigenvalue weighted by Crippen LogP contribution is 2.35. The predicted octanol–water partition coefficient (Wildman–Crippen LogP) is 2.18. The molecule has 0 saturated carbocycles. The number of fused-ring (bicyclic) bond motifs is 1. The van der Waals surface area contributed by atoms with E-state index < -0.39 is 6.10 Å². The highest BCUT2D eigenvalue weighted by Gasteiger charge is 2.33. The first-order valence-electron chi connectivity index (χ1n) is 5.71. The van der Waals surface area contributed by atoms with Crippen molar-refractivity contribution in [3.8, 4) is 5.75 Å². The van der Waals surface area contributed by atoms with Gasteiger partial charge in [-0.25, -0.2) is 4.98 Å². The molecule has 1 aliphatic heterocycles. The third-order valence-electron chi connectivity index (χ3n) is 2.97. The smallest absolute Gasteiger partial charge is 0.273 e. The molecule has 3 rings (SSSR count). The van der Waals surface area contributed by atoms with Gasteiger partial charge in [0.25, 0.3) is 5.91 Å². The van der Waals surface area contributed by atoms with Crippen molar-refractivity contribution in [3.05, 3.63) is 54.2 Å². The normalized spacial score (nSPS) is 18.2. The Morgan fingerprint density at radius 3 is 2.72 bits per heavy atom. The number of anilines is 1. The number of pyridine rings is 1. The molecule has 2 heterocycles. The first kappa shape index (κ1) is 10.8. The van der Waals surface area contributed by atoms with E-state index in [1.54, 1.807) is 19.3 Å². The van der Waals surface area contributed by atoms with Crippen LogP contribution in [-0.2, 0) is 4.79 Å². The van der Waals surface area contributed by atoms with Crippen LogP contribution in [0.5, 0.6) is 5.75 Å². The van der Waals surface area contributed by atoms with Crippen molar-refractivity contribution < 1.29 is 9.53 Å². The van der Waals surface area contributed by atoms with Gasteiger partial charge >= 0.3 is 0 Å². The first-order valence-corrected chi connectivity index (χ1v) is 5.71. The fourth-order valence-electron chi connectivity index (χ4n) is 2.02. The van der Waals surface area contributed by atoms with E-state index in [-0.39, 0.29) is 5.91 Å². The highest BCUT2D eigenvalue weighted by molar-refractivity contribution is 5.99. The lowest BCUT2D eigenvalue weighted by Gasteiger charge is -2.30. The summed E-state index contributed by atoms with van der Waals surface area (Å²) >= 11 is 0. The summed E-state index contributed by atoms with van der Waals surface area (Å²) in [6, 6.07) is 13.1. The number of hydrogen-bond donors (Lipinski definition) is 0. The van der Waals surface area contributed by atoms with Gasteiger partial charge in [0.2, 0.25) is 6.10 Å². The Bertz CT molecular complexity index is 583. The molecule has 90 valence electrons. The number of carbonyl (C=O) groups excluding carboxylic acids is 1. The fourth-order valence-corrected chi connectivity index (χ4v) is 2.02. The molecule has 0 fully saturated rings. The minimum absolute atomic E-state index is 0.104. The van der Waals surface area contributed by atoms with Crippen molar-refractivity contribution in [2.45, 2.75) is 6.10 Å². The fraction of sp³-hybridized carbons (Fsp3) is 0.143. The van der Waals surface area contributed by atoms with Crippen LogP contribution >= 0.6 is 0 Å². The lowest BCUT2D eigenvalue weighted by molar-refractivity contribution is -0.126. The van der Waals surface area contributed by atoms with E-state index in [9.17, 15) is 4.79 Å². The Labute approximate surface area is 105 Å².